The largest absolute Gasteiger partial charge is 0.385 e. The minimum absolute atomic E-state index is 0.0205. The molecule has 112 valence electrons. The molecule has 1 saturated heterocycles. The lowest BCUT2D eigenvalue weighted by molar-refractivity contribution is -0.140. The molecule has 1 aromatic carbocycles. The van der Waals surface area contributed by atoms with E-state index in [-0.39, 0.29) is 18.6 Å². The van der Waals surface area contributed by atoms with E-state index in [1.165, 1.54) is 11.3 Å². The van der Waals surface area contributed by atoms with Crippen molar-refractivity contribution in [3.8, 4) is 0 Å². The van der Waals surface area contributed by atoms with Crippen molar-refractivity contribution in [1.82, 2.24) is 20.1 Å². The van der Waals surface area contributed by atoms with Crippen LogP contribution in [0.2, 0.25) is 5.02 Å². The number of rotatable bonds is 3. The van der Waals surface area contributed by atoms with Gasteiger partial charge in [-0.15, -0.1) is 5.10 Å². The van der Waals surface area contributed by atoms with Crippen LogP contribution in [0.4, 0.5) is 0 Å². The Balaban J connectivity index is 1.68. The first-order valence-electron chi connectivity index (χ1n) is 7.09. The molecule has 1 aliphatic rings. The van der Waals surface area contributed by atoms with Crippen LogP contribution in [0, 0.1) is 0 Å². The minimum atomic E-state index is -0.0463. The SMILES string of the molecule is C[C@@H]1CCCCN1C(=O)COn1nnc2ccc(Cl)cc21. The fraction of sp³-hybridized carbons (Fsp3) is 0.500. The molecule has 2 aromatic rings. The summed E-state index contributed by atoms with van der Waals surface area (Å²) in [6, 6.07) is 5.49. The van der Waals surface area contributed by atoms with Crippen LogP contribution in [0.15, 0.2) is 18.2 Å². The summed E-state index contributed by atoms with van der Waals surface area (Å²) in [6.45, 7) is 2.82. The van der Waals surface area contributed by atoms with Crippen LogP contribution in [0.3, 0.4) is 0 Å². The summed E-state index contributed by atoms with van der Waals surface area (Å²) in [6.07, 6.45) is 3.28. The Morgan fingerprint density at radius 3 is 3.14 bits per heavy atom. The molecule has 1 aromatic heterocycles. The molecule has 0 spiro atoms. The monoisotopic (exact) mass is 308 g/mol. The summed E-state index contributed by atoms with van der Waals surface area (Å²) >= 11 is 5.95. The molecule has 21 heavy (non-hydrogen) atoms. The lowest BCUT2D eigenvalue weighted by atomic mass is 10.0. The van der Waals surface area contributed by atoms with E-state index < -0.39 is 0 Å². The van der Waals surface area contributed by atoms with Crippen LogP contribution in [0.1, 0.15) is 26.2 Å². The number of amides is 1. The van der Waals surface area contributed by atoms with E-state index in [1.807, 2.05) is 4.90 Å². The highest BCUT2D eigenvalue weighted by atomic mass is 35.5. The summed E-state index contributed by atoms with van der Waals surface area (Å²) in [7, 11) is 0. The quantitative estimate of drug-likeness (QED) is 0.869. The second-order valence-corrected chi connectivity index (χ2v) is 5.74. The maximum atomic E-state index is 12.2. The summed E-state index contributed by atoms with van der Waals surface area (Å²) in [5.74, 6) is -0.0205. The number of hydrogen-bond donors (Lipinski definition) is 0. The van der Waals surface area contributed by atoms with E-state index in [9.17, 15) is 4.79 Å². The molecular formula is C14H17ClN4O2. The zero-order chi connectivity index (χ0) is 14.8. The van der Waals surface area contributed by atoms with Crippen LogP contribution in [0.5, 0.6) is 0 Å². The molecule has 0 bridgehead atoms. The van der Waals surface area contributed by atoms with Gasteiger partial charge in [0, 0.05) is 17.6 Å². The van der Waals surface area contributed by atoms with E-state index in [0.717, 1.165) is 19.4 Å². The van der Waals surface area contributed by atoms with Crippen molar-refractivity contribution in [2.24, 2.45) is 0 Å². The topological polar surface area (TPSA) is 60.2 Å². The molecule has 2 heterocycles. The van der Waals surface area contributed by atoms with Gasteiger partial charge in [0.25, 0.3) is 5.91 Å². The lowest BCUT2D eigenvalue weighted by Gasteiger charge is -2.33. The van der Waals surface area contributed by atoms with Crippen molar-refractivity contribution in [2.45, 2.75) is 32.2 Å². The predicted molar refractivity (Wildman–Crippen MR) is 79.0 cm³/mol. The molecule has 7 heteroatoms. The van der Waals surface area contributed by atoms with E-state index >= 15 is 0 Å². The van der Waals surface area contributed by atoms with Gasteiger partial charge in [-0.1, -0.05) is 16.4 Å². The Kier molecular flexibility index (Phi) is 3.96. The summed E-state index contributed by atoms with van der Waals surface area (Å²) in [5.41, 5.74) is 1.33. The van der Waals surface area contributed by atoms with Gasteiger partial charge in [0.2, 0.25) is 0 Å². The standard InChI is InChI=1S/C14H17ClN4O2/c1-10-4-2-3-7-18(10)14(20)9-21-19-13-8-11(15)5-6-12(13)16-17-19/h5-6,8,10H,2-4,7,9H2,1H3/t10-/m1/s1. The van der Waals surface area contributed by atoms with Crippen LogP contribution in [-0.2, 0) is 4.79 Å². The first-order chi connectivity index (χ1) is 10.1. The smallest absolute Gasteiger partial charge is 0.263 e. The van der Waals surface area contributed by atoms with Gasteiger partial charge in [-0.2, -0.15) is 0 Å². The Bertz CT molecular complexity index is 657. The van der Waals surface area contributed by atoms with Gasteiger partial charge >= 0.3 is 0 Å². The maximum absolute atomic E-state index is 12.2. The number of carbonyl (C=O) groups excluding carboxylic acids is 1. The molecular weight excluding hydrogens is 292 g/mol. The molecule has 1 aliphatic heterocycles. The Morgan fingerprint density at radius 2 is 2.33 bits per heavy atom. The average molecular weight is 309 g/mol. The zero-order valence-corrected chi connectivity index (χ0v) is 12.6. The number of benzene rings is 1. The third-order valence-corrected chi connectivity index (χ3v) is 4.05. The van der Waals surface area contributed by atoms with Crippen LogP contribution >= 0.6 is 11.6 Å². The second-order valence-electron chi connectivity index (χ2n) is 5.30. The van der Waals surface area contributed by atoms with Gasteiger partial charge in [0.1, 0.15) is 11.0 Å². The van der Waals surface area contributed by atoms with Gasteiger partial charge in [0.15, 0.2) is 6.61 Å². The van der Waals surface area contributed by atoms with Crippen molar-refractivity contribution >= 4 is 28.5 Å². The number of piperidine rings is 1. The Hall–Kier alpha value is -1.82. The highest BCUT2D eigenvalue weighted by molar-refractivity contribution is 6.31. The van der Waals surface area contributed by atoms with Gasteiger partial charge < -0.3 is 9.74 Å². The fourth-order valence-electron chi connectivity index (χ4n) is 2.63. The normalized spacial score (nSPS) is 19.0. The number of nitrogens with zero attached hydrogens (tertiary/aromatic N) is 4. The van der Waals surface area contributed by atoms with E-state index in [0.29, 0.717) is 16.1 Å². The Labute approximate surface area is 127 Å². The second kappa shape index (κ2) is 5.89. The highest BCUT2D eigenvalue weighted by Gasteiger charge is 2.23. The van der Waals surface area contributed by atoms with E-state index in [4.69, 9.17) is 16.4 Å². The molecule has 0 unspecified atom stereocenters. The third-order valence-electron chi connectivity index (χ3n) is 3.81. The molecule has 6 nitrogen and oxygen atoms in total. The van der Waals surface area contributed by atoms with Gasteiger partial charge in [-0.25, -0.2) is 0 Å². The lowest BCUT2D eigenvalue weighted by Crippen LogP contribution is -2.45. The first-order valence-corrected chi connectivity index (χ1v) is 7.46. The third kappa shape index (κ3) is 2.95. The summed E-state index contributed by atoms with van der Waals surface area (Å²) in [5, 5.41) is 8.43. The Morgan fingerprint density at radius 1 is 1.48 bits per heavy atom. The maximum Gasteiger partial charge on any atom is 0.263 e. The molecule has 3 rings (SSSR count). The van der Waals surface area contributed by atoms with E-state index in [2.05, 4.69) is 17.2 Å². The summed E-state index contributed by atoms with van der Waals surface area (Å²) in [4.78, 5) is 20.8. The predicted octanol–water partition coefficient (Wildman–Crippen LogP) is 1.91. The molecule has 1 atom stereocenters. The molecule has 0 radical (unpaired) electrons. The minimum Gasteiger partial charge on any atom is -0.385 e. The van der Waals surface area contributed by atoms with Gasteiger partial charge in [0.05, 0.1) is 0 Å². The van der Waals surface area contributed by atoms with Crippen molar-refractivity contribution in [1.29, 1.82) is 0 Å². The molecule has 0 N–H and O–H groups in total. The highest BCUT2D eigenvalue weighted by Crippen LogP contribution is 2.17. The summed E-state index contributed by atoms with van der Waals surface area (Å²) < 4.78 is 0. The van der Waals surface area contributed by atoms with Crippen molar-refractivity contribution in [3.63, 3.8) is 0 Å². The molecule has 1 fully saturated rings. The van der Waals surface area contributed by atoms with Gasteiger partial charge in [-0.05, 0) is 49.6 Å². The fourth-order valence-corrected chi connectivity index (χ4v) is 2.80. The molecule has 0 aliphatic carbocycles. The van der Waals surface area contributed by atoms with Crippen molar-refractivity contribution < 1.29 is 9.63 Å². The number of carbonyl (C=O) groups is 1. The molecule has 0 saturated carbocycles. The van der Waals surface area contributed by atoms with E-state index in [1.54, 1.807) is 18.2 Å². The van der Waals surface area contributed by atoms with Crippen LogP contribution in [-0.4, -0.2) is 45.2 Å². The number of aromatic nitrogens is 3. The van der Waals surface area contributed by atoms with Crippen molar-refractivity contribution in [2.75, 3.05) is 13.2 Å². The number of hydrogen-bond acceptors (Lipinski definition) is 4. The number of halogens is 1. The van der Waals surface area contributed by atoms with Crippen molar-refractivity contribution in [3.05, 3.63) is 23.2 Å². The molecule has 1 amide bonds. The zero-order valence-electron chi connectivity index (χ0n) is 11.8. The van der Waals surface area contributed by atoms with Gasteiger partial charge in [-0.3, -0.25) is 4.79 Å². The van der Waals surface area contributed by atoms with Crippen LogP contribution in [0.25, 0.3) is 11.0 Å². The van der Waals surface area contributed by atoms with Crippen LogP contribution < -0.4 is 4.84 Å². The number of fused-ring (bicyclic) bond motifs is 1. The first kappa shape index (κ1) is 14.1. The number of likely N-dealkylation sites (tertiary alicyclic amines) is 1. The average Bonchev–Trinajstić information content (AvgIpc) is 2.87.